The van der Waals surface area contributed by atoms with Gasteiger partial charge in [-0.25, -0.2) is 0 Å². The zero-order valence-electron chi connectivity index (χ0n) is 12.9. The first kappa shape index (κ1) is 17.6. The number of methoxy groups -OCH3 is 2. The maximum absolute atomic E-state index is 13.4. The number of halogens is 3. The van der Waals surface area contributed by atoms with Gasteiger partial charge in [0, 0.05) is 5.56 Å². The molecule has 1 N–H and O–H groups in total. The molecule has 0 saturated heterocycles. The van der Waals surface area contributed by atoms with E-state index in [0.717, 1.165) is 20.3 Å². The molecule has 2 aromatic rings. The molecule has 0 unspecified atom stereocenters. The molecule has 0 spiro atoms. The van der Waals surface area contributed by atoms with E-state index in [0.29, 0.717) is 0 Å². The molecule has 0 atom stereocenters. The third-order valence-electron chi connectivity index (χ3n) is 3.39. The standard InChI is InChI=1S/C16H14F3NO4/c1-23-12-7-6-9-10(14(12)16(17,18)19)4-3-5-11(9)15(22)20-8-13(21)24-2/h3-7H,8H2,1-2H3,(H,20,22). The van der Waals surface area contributed by atoms with Crippen LogP contribution in [0.1, 0.15) is 15.9 Å². The van der Waals surface area contributed by atoms with Gasteiger partial charge in [0.25, 0.3) is 5.91 Å². The Morgan fingerprint density at radius 1 is 1.08 bits per heavy atom. The summed E-state index contributed by atoms with van der Waals surface area (Å²) in [4.78, 5) is 23.2. The molecular formula is C16H14F3NO4. The van der Waals surface area contributed by atoms with Crippen LogP contribution in [0.3, 0.4) is 0 Å². The van der Waals surface area contributed by atoms with E-state index in [1.165, 1.54) is 24.3 Å². The summed E-state index contributed by atoms with van der Waals surface area (Å²) in [7, 11) is 2.30. The number of fused-ring (bicyclic) bond motifs is 1. The fourth-order valence-electron chi connectivity index (χ4n) is 2.32. The molecule has 0 aliphatic carbocycles. The van der Waals surface area contributed by atoms with Crippen LogP contribution >= 0.6 is 0 Å². The van der Waals surface area contributed by atoms with Crippen molar-refractivity contribution in [2.24, 2.45) is 0 Å². The topological polar surface area (TPSA) is 64.6 Å². The summed E-state index contributed by atoms with van der Waals surface area (Å²) in [6.07, 6.45) is -4.65. The third kappa shape index (κ3) is 3.42. The van der Waals surface area contributed by atoms with E-state index in [1.807, 2.05) is 0 Å². The number of ether oxygens (including phenoxy) is 2. The number of hydrogen-bond donors (Lipinski definition) is 1. The first-order chi connectivity index (χ1) is 11.3. The summed E-state index contributed by atoms with van der Waals surface area (Å²) in [6, 6.07) is 6.50. The van der Waals surface area contributed by atoms with Crippen LogP contribution in [0.5, 0.6) is 5.75 Å². The number of carbonyl (C=O) groups excluding carboxylic acids is 2. The van der Waals surface area contributed by atoms with Gasteiger partial charge in [0.1, 0.15) is 17.9 Å². The lowest BCUT2D eigenvalue weighted by Crippen LogP contribution is -2.30. The minimum atomic E-state index is -4.65. The van der Waals surface area contributed by atoms with Gasteiger partial charge in [0.05, 0.1) is 14.2 Å². The monoisotopic (exact) mass is 341 g/mol. The second-order valence-electron chi connectivity index (χ2n) is 4.80. The molecule has 24 heavy (non-hydrogen) atoms. The van der Waals surface area contributed by atoms with Crippen molar-refractivity contribution in [3.05, 3.63) is 41.5 Å². The lowest BCUT2D eigenvalue weighted by molar-refractivity contribution is -0.139. The van der Waals surface area contributed by atoms with Crippen molar-refractivity contribution in [3.8, 4) is 5.75 Å². The van der Waals surface area contributed by atoms with Gasteiger partial charge < -0.3 is 14.8 Å². The first-order valence-electron chi connectivity index (χ1n) is 6.81. The highest BCUT2D eigenvalue weighted by molar-refractivity contribution is 6.08. The molecule has 0 radical (unpaired) electrons. The van der Waals surface area contributed by atoms with Gasteiger partial charge in [-0.2, -0.15) is 13.2 Å². The van der Waals surface area contributed by atoms with Gasteiger partial charge in [-0.15, -0.1) is 0 Å². The van der Waals surface area contributed by atoms with Gasteiger partial charge in [0.15, 0.2) is 0 Å². The van der Waals surface area contributed by atoms with Crippen LogP contribution < -0.4 is 10.1 Å². The zero-order valence-corrected chi connectivity index (χ0v) is 12.9. The quantitative estimate of drug-likeness (QED) is 0.869. The van der Waals surface area contributed by atoms with Gasteiger partial charge in [-0.1, -0.05) is 12.1 Å². The summed E-state index contributed by atoms with van der Waals surface area (Å²) in [5, 5.41) is 2.25. The lowest BCUT2D eigenvalue weighted by Gasteiger charge is -2.16. The maximum Gasteiger partial charge on any atom is 0.420 e. The van der Waals surface area contributed by atoms with Crippen LogP contribution in [0, 0.1) is 0 Å². The highest BCUT2D eigenvalue weighted by Gasteiger charge is 2.36. The second kappa shape index (κ2) is 6.77. The number of carbonyl (C=O) groups is 2. The van der Waals surface area contributed by atoms with E-state index in [1.54, 1.807) is 0 Å². The maximum atomic E-state index is 13.4. The van der Waals surface area contributed by atoms with Crippen LogP contribution in [-0.4, -0.2) is 32.6 Å². The van der Waals surface area contributed by atoms with Crippen molar-refractivity contribution in [2.45, 2.75) is 6.18 Å². The van der Waals surface area contributed by atoms with Gasteiger partial charge in [0.2, 0.25) is 0 Å². The Morgan fingerprint density at radius 3 is 2.38 bits per heavy atom. The van der Waals surface area contributed by atoms with Crippen LogP contribution in [0.2, 0.25) is 0 Å². The summed E-state index contributed by atoms with van der Waals surface area (Å²) < 4.78 is 49.3. The predicted molar refractivity (Wildman–Crippen MR) is 79.9 cm³/mol. The highest BCUT2D eigenvalue weighted by atomic mass is 19.4. The molecule has 8 heteroatoms. The molecule has 128 valence electrons. The lowest BCUT2D eigenvalue weighted by atomic mass is 9.98. The Hall–Kier alpha value is -2.77. The van der Waals surface area contributed by atoms with Crippen molar-refractivity contribution in [3.63, 3.8) is 0 Å². The molecule has 1 amide bonds. The van der Waals surface area contributed by atoms with E-state index >= 15 is 0 Å². The van der Waals surface area contributed by atoms with Gasteiger partial charge in [-0.3, -0.25) is 9.59 Å². The molecule has 5 nitrogen and oxygen atoms in total. The molecule has 0 fully saturated rings. The summed E-state index contributed by atoms with van der Waals surface area (Å²) in [5.74, 6) is -1.67. The number of nitrogens with one attached hydrogen (secondary N) is 1. The van der Waals surface area contributed by atoms with Crippen molar-refractivity contribution in [1.29, 1.82) is 0 Å². The van der Waals surface area contributed by atoms with Gasteiger partial charge in [-0.05, 0) is 29.0 Å². The molecule has 0 saturated carbocycles. The summed E-state index contributed by atoms with van der Waals surface area (Å²) in [6.45, 7) is -0.381. The Kier molecular flexibility index (Phi) is 4.96. The molecular weight excluding hydrogens is 327 g/mol. The van der Waals surface area contributed by atoms with E-state index in [2.05, 4.69) is 10.1 Å². The average Bonchev–Trinajstić information content (AvgIpc) is 2.56. The Morgan fingerprint density at radius 2 is 1.79 bits per heavy atom. The molecule has 2 rings (SSSR count). The average molecular weight is 341 g/mol. The SMILES string of the molecule is COC(=O)CNC(=O)c1cccc2c(C(F)(F)F)c(OC)ccc12. The smallest absolute Gasteiger partial charge is 0.420 e. The van der Waals surface area contributed by atoms with Crippen molar-refractivity contribution in [2.75, 3.05) is 20.8 Å². The van der Waals surface area contributed by atoms with Crippen LogP contribution in [0.4, 0.5) is 13.2 Å². The zero-order chi connectivity index (χ0) is 17.9. The number of rotatable bonds is 4. The van der Waals surface area contributed by atoms with E-state index < -0.39 is 23.6 Å². The second-order valence-corrected chi connectivity index (χ2v) is 4.80. The van der Waals surface area contributed by atoms with E-state index in [4.69, 9.17) is 4.74 Å². The number of benzene rings is 2. The Bertz CT molecular complexity index is 787. The molecule has 0 aliphatic heterocycles. The summed E-state index contributed by atoms with van der Waals surface area (Å²) >= 11 is 0. The predicted octanol–water partition coefficient (Wildman–Crippen LogP) is 2.77. The minimum absolute atomic E-state index is 0.0181. The van der Waals surface area contributed by atoms with Crippen molar-refractivity contribution >= 4 is 22.6 Å². The number of amides is 1. The van der Waals surface area contributed by atoms with Crippen LogP contribution in [0.15, 0.2) is 30.3 Å². The number of alkyl halides is 3. The highest BCUT2D eigenvalue weighted by Crippen LogP contribution is 2.41. The van der Waals surface area contributed by atoms with Gasteiger partial charge >= 0.3 is 12.1 Å². The fourth-order valence-corrected chi connectivity index (χ4v) is 2.32. The minimum Gasteiger partial charge on any atom is -0.496 e. The fraction of sp³-hybridized carbons (Fsp3) is 0.250. The van der Waals surface area contributed by atoms with Crippen molar-refractivity contribution in [1.82, 2.24) is 5.32 Å². The molecule has 0 aliphatic rings. The number of esters is 1. The largest absolute Gasteiger partial charge is 0.496 e. The summed E-state index contributed by atoms with van der Waals surface area (Å²) in [5.41, 5.74) is -0.935. The first-order valence-corrected chi connectivity index (χ1v) is 6.81. The molecule has 0 heterocycles. The van der Waals surface area contributed by atoms with Crippen molar-refractivity contribution < 1.29 is 32.2 Å². The molecule has 2 aromatic carbocycles. The third-order valence-corrected chi connectivity index (χ3v) is 3.39. The normalized spacial score (nSPS) is 11.2. The Labute approximate surface area is 135 Å². The molecule has 0 bridgehead atoms. The van der Waals surface area contributed by atoms with Crippen LogP contribution in [-0.2, 0) is 15.7 Å². The van der Waals surface area contributed by atoms with Crippen LogP contribution in [0.25, 0.3) is 10.8 Å². The van der Waals surface area contributed by atoms with E-state index in [9.17, 15) is 22.8 Å². The van der Waals surface area contributed by atoms with E-state index in [-0.39, 0.29) is 28.6 Å². The number of hydrogen-bond acceptors (Lipinski definition) is 4. The molecule has 0 aromatic heterocycles. The Balaban J connectivity index is 2.55.